The van der Waals surface area contributed by atoms with Crippen LogP contribution in [0, 0.1) is 0 Å². The van der Waals surface area contributed by atoms with Gasteiger partial charge in [0.25, 0.3) is 0 Å². The maximum Gasteiger partial charge on any atom is 0.246 e. The molecule has 0 spiro atoms. The number of piperazine rings is 1. The fourth-order valence-electron chi connectivity index (χ4n) is 4.62. The van der Waals surface area contributed by atoms with Crippen molar-refractivity contribution in [3.05, 3.63) is 102 Å². The lowest BCUT2D eigenvalue weighted by molar-refractivity contribution is -0.127. The number of hydrogen-bond donors (Lipinski definition) is 0. The predicted octanol–water partition coefficient (Wildman–Crippen LogP) is 4.66. The SMILES string of the molecule is COCCOCOc1ccc(C=CC(=O)N2CCN(CCOC(c3ccccc3)c3ccccc3)CC2)cc1OC. The Labute approximate surface area is 243 Å². The van der Waals surface area contributed by atoms with E-state index in [0.29, 0.717) is 44.4 Å². The van der Waals surface area contributed by atoms with Crippen LogP contribution >= 0.6 is 0 Å². The third-order valence-electron chi connectivity index (χ3n) is 6.92. The van der Waals surface area contributed by atoms with Crippen LogP contribution in [-0.4, -0.2) is 89.3 Å². The van der Waals surface area contributed by atoms with Gasteiger partial charge in [0.05, 0.1) is 26.9 Å². The first-order valence-electron chi connectivity index (χ1n) is 14.0. The van der Waals surface area contributed by atoms with Gasteiger partial charge < -0.3 is 28.6 Å². The Kier molecular flexibility index (Phi) is 12.2. The Morgan fingerprint density at radius 1 is 0.829 bits per heavy atom. The molecule has 0 radical (unpaired) electrons. The van der Waals surface area contributed by atoms with E-state index in [9.17, 15) is 4.79 Å². The van der Waals surface area contributed by atoms with Crippen LogP contribution in [-0.2, 0) is 19.0 Å². The van der Waals surface area contributed by atoms with E-state index in [1.807, 2.05) is 59.5 Å². The first-order valence-corrected chi connectivity index (χ1v) is 14.0. The van der Waals surface area contributed by atoms with Crippen LogP contribution in [0.4, 0.5) is 0 Å². The van der Waals surface area contributed by atoms with Gasteiger partial charge in [-0.1, -0.05) is 66.7 Å². The summed E-state index contributed by atoms with van der Waals surface area (Å²) in [6.07, 6.45) is 3.32. The zero-order valence-corrected chi connectivity index (χ0v) is 23.9. The summed E-state index contributed by atoms with van der Waals surface area (Å²) in [4.78, 5) is 17.1. The summed E-state index contributed by atoms with van der Waals surface area (Å²) in [6.45, 7) is 5.49. The molecule has 1 aliphatic heterocycles. The number of benzene rings is 3. The van der Waals surface area contributed by atoms with Crippen LogP contribution in [0.1, 0.15) is 22.8 Å². The molecular weight excluding hydrogens is 520 g/mol. The Balaban J connectivity index is 1.22. The molecule has 4 rings (SSSR count). The average Bonchev–Trinajstić information content (AvgIpc) is 3.03. The molecule has 41 heavy (non-hydrogen) atoms. The van der Waals surface area contributed by atoms with E-state index >= 15 is 0 Å². The van der Waals surface area contributed by atoms with E-state index in [4.69, 9.17) is 23.7 Å². The minimum Gasteiger partial charge on any atom is -0.493 e. The number of ether oxygens (including phenoxy) is 5. The van der Waals surface area contributed by atoms with Crippen molar-refractivity contribution >= 4 is 12.0 Å². The first kappa shape index (κ1) is 30.3. The molecule has 0 aliphatic carbocycles. The summed E-state index contributed by atoms with van der Waals surface area (Å²) >= 11 is 0. The van der Waals surface area contributed by atoms with Crippen molar-refractivity contribution in [3.63, 3.8) is 0 Å². The number of methoxy groups -OCH3 is 2. The van der Waals surface area contributed by atoms with Crippen LogP contribution in [0.15, 0.2) is 84.9 Å². The van der Waals surface area contributed by atoms with Gasteiger partial charge >= 0.3 is 0 Å². The van der Waals surface area contributed by atoms with Crippen molar-refractivity contribution < 1.29 is 28.5 Å². The molecule has 0 aromatic heterocycles. The molecule has 0 saturated carbocycles. The highest BCUT2D eigenvalue weighted by atomic mass is 16.7. The normalized spacial score (nSPS) is 14.1. The minimum atomic E-state index is -0.0983. The molecule has 0 unspecified atom stereocenters. The van der Waals surface area contributed by atoms with E-state index in [1.165, 1.54) is 0 Å². The number of rotatable bonds is 15. The van der Waals surface area contributed by atoms with E-state index in [2.05, 4.69) is 29.2 Å². The number of amides is 1. The summed E-state index contributed by atoms with van der Waals surface area (Å²) in [5.41, 5.74) is 3.14. The molecule has 1 saturated heterocycles. The lowest BCUT2D eigenvalue weighted by Gasteiger charge is -2.34. The van der Waals surface area contributed by atoms with Crippen LogP contribution in [0.3, 0.4) is 0 Å². The molecule has 8 nitrogen and oxygen atoms in total. The topological polar surface area (TPSA) is 69.7 Å². The summed E-state index contributed by atoms with van der Waals surface area (Å²) < 4.78 is 27.8. The smallest absolute Gasteiger partial charge is 0.246 e. The monoisotopic (exact) mass is 560 g/mol. The van der Waals surface area contributed by atoms with E-state index in [-0.39, 0.29) is 18.8 Å². The van der Waals surface area contributed by atoms with Gasteiger partial charge in [-0.3, -0.25) is 9.69 Å². The lowest BCUT2D eigenvalue weighted by Crippen LogP contribution is -2.49. The average molecular weight is 561 g/mol. The molecule has 0 bridgehead atoms. The Morgan fingerprint density at radius 3 is 2.15 bits per heavy atom. The van der Waals surface area contributed by atoms with Gasteiger partial charge in [-0.2, -0.15) is 0 Å². The van der Waals surface area contributed by atoms with Gasteiger partial charge in [0.1, 0.15) is 6.10 Å². The van der Waals surface area contributed by atoms with Crippen molar-refractivity contribution in [2.75, 3.05) is 73.6 Å². The van der Waals surface area contributed by atoms with Crippen molar-refractivity contribution in [2.24, 2.45) is 0 Å². The quantitative estimate of drug-likeness (QED) is 0.152. The molecule has 3 aromatic rings. The molecule has 3 aromatic carbocycles. The second kappa shape index (κ2) is 16.5. The molecular formula is C33H40N2O6. The zero-order valence-electron chi connectivity index (χ0n) is 23.9. The maximum absolute atomic E-state index is 12.9. The molecule has 1 heterocycles. The van der Waals surface area contributed by atoms with E-state index in [0.717, 1.165) is 36.3 Å². The summed E-state index contributed by atoms with van der Waals surface area (Å²) in [7, 11) is 3.20. The van der Waals surface area contributed by atoms with Gasteiger partial charge in [-0.25, -0.2) is 0 Å². The zero-order chi connectivity index (χ0) is 28.7. The van der Waals surface area contributed by atoms with Crippen LogP contribution in [0.5, 0.6) is 11.5 Å². The minimum absolute atomic E-state index is 0.0000410. The van der Waals surface area contributed by atoms with Crippen LogP contribution in [0.2, 0.25) is 0 Å². The fourth-order valence-corrected chi connectivity index (χ4v) is 4.62. The number of nitrogens with zero attached hydrogens (tertiary/aromatic N) is 2. The molecule has 1 fully saturated rings. The first-order chi connectivity index (χ1) is 20.2. The summed E-state index contributed by atoms with van der Waals surface area (Å²) in [5.74, 6) is 1.15. The molecule has 218 valence electrons. The van der Waals surface area contributed by atoms with Crippen molar-refractivity contribution in [1.82, 2.24) is 9.80 Å². The second-order valence-electron chi connectivity index (χ2n) is 9.65. The van der Waals surface area contributed by atoms with E-state index < -0.39 is 0 Å². The molecule has 8 heteroatoms. The highest BCUT2D eigenvalue weighted by molar-refractivity contribution is 5.92. The van der Waals surface area contributed by atoms with Crippen LogP contribution < -0.4 is 9.47 Å². The van der Waals surface area contributed by atoms with Gasteiger partial charge in [0, 0.05) is 45.9 Å². The van der Waals surface area contributed by atoms with Crippen molar-refractivity contribution in [1.29, 1.82) is 0 Å². The standard InChI is InChI=1S/C33H40N2O6/c1-37-23-24-39-26-41-30-15-13-27(25-31(30)38-2)14-16-32(36)35-19-17-34(18-20-35)21-22-40-33(28-9-5-3-6-10-28)29-11-7-4-8-12-29/h3-16,25,33H,17-24,26H2,1-2H3. The molecule has 0 N–H and O–H groups in total. The maximum atomic E-state index is 12.9. The lowest BCUT2D eigenvalue weighted by atomic mass is 10.0. The molecule has 1 aliphatic rings. The molecule has 0 atom stereocenters. The van der Waals surface area contributed by atoms with Gasteiger partial charge in [-0.15, -0.1) is 0 Å². The fraction of sp³-hybridized carbons (Fsp3) is 0.364. The van der Waals surface area contributed by atoms with Gasteiger partial charge in [-0.05, 0) is 34.9 Å². The largest absolute Gasteiger partial charge is 0.493 e. The van der Waals surface area contributed by atoms with Gasteiger partial charge in [0.2, 0.25) is 5.91 Å². The number of carbonyl (C=O) groups excluding carboxylic acids is 1. The van der Waals surface area contributed by atoms with Crippen LogP contribution in [0.25, 0.3) is 6.08 Å². The Morgan fingerprint density at radius 2 is 1.51 bits per heavy atom. The number of hydrogen-bond acceptors (Lipinski definition) is 7. The van der Waals surface area contributed by atoms with Gasteiger partial charge in [0.15, 0.2) is 18.3 Å². The predicted molar refractivity (Wildman–Crippen MR) is 159 cm³/mol. The number of carbonyl (C=O) groups is 1. The Hall–Kier alpha value is -3.69. The third kappa shape index (κ3) is 9.43. The summed E-state index contributed by atoms with van der Waals surface area (Å²) in [6, 6.07) is 26.2. The highest BCUT2D eigenvalue weighted by Gasteiger charge is 2.20. The summed E-state index contributed by atoms with van der Waals surface area (Å²) in [5, 5.41) is 0. The van der Waals surface area contributed by atoms with Crippen molar-refractivity contribution in [2.45, 2.75) is 6.10 Å². The molecule has 1 amide bonds. The second-order valence-corrected chi connectivity index (χ2v) is 9.65. The third-order valence-corrected chi connectivity index (χ3v) is 6.92. The highest BCUT2D eigenvalue weighted by Crippen LogP contribution is 2.29. The van der Waals surface area contributed by atoms with E-state index in [1.54, 1.807) is 26.4 Å². The van der Waals surface area contributed by atoms with Crippen molar-refractivity contribution in [3.8, 4) is 11.5 Å². The Bertz CT molecular complexity index is 1170.